The molecule has 0 radical (unpaired) electrons. The van der Waals surface area contributed by atoms with E-state index in [1.54, 1.807) is 0 Å². The van der Waals surface area contributed by atoms with E-state index in [1.165, 1.54) is 0 Å². The molecule has 2 aromatic rings. The van der Waals surface area contributed by atoms with Crippen molar-refractivity contribution in [2.75, 3.05) is 5.73 Å². The summed E-state index contributed by atoms with van der Waals surface area (Å²) in [4.78, 5) is 8.77. The quantitative estimate of drug-likeness (QED) is 0.937. The van der Waals surface area contributed by atoms with E-state index in [2.05, 4.69) is 25.9 Å². The van der Waals surface area contributed by atoms with Crippen LogP contribution in [0.2, 0.25) is 5.02 Å². The number of anilines is 1. The van der Waals surface area contributed by atoms with Crippen LogP contribution in [-0.2, 0) is 12.8 Å². The van der Waals surface area contributed by atoms with Gasteiger partial charge in [0.1, 0.15) is 11.6 Å². The Balaban J connectivity index is 2.36. The summed E-state index contributed by atoms with van der Waals surface area (Å²) >= 11 is 9.52. The zero-order chi connectivity index (χ0) is 13.1. The second kappa shape index (κ2) is 5.67. The Morgan fingerprint density at radius 1 is 1.28 bits per heavy atom. The standard InChI is InChI=1S/C13H13BrClN3/c1-2-10-12(14)13(16)18-11(17-10)7-8-5-3-4-6-9(8)15/h3-6H,2,7H2,1H3,(H2,16,17,18). The highest BCUT2D eigenvalue weighted by Crippen LogP contribution is 2.23. The number of benzene rings is 1. The number of nitrogens with zero attached hydrogens (tertiary/aromatic N) is 2. The topological polar surface area (TPSA) is 51.8 Å². The van der Waals surface area contributed by atoms with E-state index in [9.17, 15) is 0 Å². The van der Waals surface area contributed by atoms with Gasteiger partial charge in [0, 0.05) is 11.4 Å². The van der Waals surface area contributed by atoms with E-state index in [1.807, 2.05) is 31.2 Å². The molecule has 1 aromatic carbocycles. The van der Waals surface area contributed by atoms with E-state index in [0.717, 1.165) is 27.2 Å². The van der Waals surface area contributed by atoms with Gasteiger partial charge >= 0.3 is 0 Å². The maximum absolute atomic E-state index is 6.12. The van der Waals surface area contributed by atoms with Crippen molar-refractivity contribution >= 4 is 33.3 Å². The molecule has 0 saturated carbocycles. The predicted octanol–water partition coefficient (Wildman–Crippen LogP) is 3.63. The molecular weight excluding hydrogens is 314 g/mol. The minimum absolute atomic E-state index is 0.476. The van der Waals surface area contributed by atoms with Crippen LogP contribution in [0.5, 0.6) is 0 Å². The van der Waals surface area contributed by atoms with Gasteiger partial charge in [0.25, 0.3) is 0 Å². The van der Waals surface area contributed by atoms with Crippen molar-refractivity contribution < 1.29 is 0 Å². The Morgan fingerprint density at radius 3 is 2.67 bits per heavy atom. The molecule has 1 aromatic heterocycles. The molecule has 3 nitrogen and oxygen atoms in total. The molecule has 0 aliphatic rings. The number of aryl methyl sites for hydroxylation is 1. The van der Waals surface area contributed by atoms with Gasteiger partial charge in [-0.3, -0.25) is 0 Å². The van der Waals surface area contributed by atoms with Crippen LogP contribution in [0, 0.1) is 0 Å². The zero-order valence-electron chi connectivity index (χ0n) is 9.95. The van der Waals surface area contributed by atoms with Crippen LogP contribution in [0.4, 0.5) is 5.82 Å². The van der Waals surface area contributed by atoms with Gasteiger partial charge in [0.2, 0.25) is 0 Å². The lowest BCUT2D eigenvalue weighted by Gasteiger charge is -2.08. The van der Waals surface area contributed by atoms with Gasteiger partial charge in [-0.2, -0.15) is 0 Å². The molecule has 1 heterocycles. The summed E-state index contributed by atoms with van der Waals surface area (Å²) in [6.07, 6.45) is 1.40. The molecule has 0 spiro atoms. The molecular formula is C13H13BrClN3. The SMILES string of the molecule is CCc1nc(Cc2ccccc2Cl)nc(N)c1Br. The second-order valence-corrected chi connectivity index (χ2v) is 5.11. The lowest BCUT2D eigenvalue weighted by atomic mass is 10.1. The van der Waals surface area contributed by atoms with Crippen molar-refractivity contribution in [3.63, 3.8) is 0 Å². The summed E-state index contributed by atoms with van der Waals surface area (Å²) in [5, 5.41) is 0.723. The van der Waals surface area contributed by atoms with Crippen LogP contribution < -0.4 is 5.73 Å². The number of halogens is 2. The zero-order valence-corrected chi connectivity index (χ0v) is 12.3. The molecule has 0 fully saturated rings. The van der Waals surface area contributed by atoms with E-state index in [4.69, 9.17) is 17.3 Å². The number of rotatable bonds is 3. The maximum atomic E-state index is 6.12. The monoisotopic (exact) mass is 325 g/mol. The fraction of sp³-hybridized carbons (Fsp3) is 0.231. The highest BCUT2D eigenvalue weighted by atomic mass is 79.9. The van der Waals surface area contributed by atoms with Crippen LogP contribution in [0.15, 0.2) is 28.7 Å². The van der Waals surface area contributed by atoms with E-state index >= 15 is 0 Å². The van der Waals surface area contributed by atoms with E-state index < -0.39 is 0 Å². The maximum Gasteiger partial charge on any atom is 0.141 e. The van der Waals surface area contributed by atoms with Gasteiger partial charge in [0.05, 0.1) is 10.2 Å². The largest absolute Gasteiger partial charge is 0.383 e. The summed E-state index contributed by atoms with van der Waals surface area (Å²) in [5.41, 5.74) is 7.78. The first kappa shape index (κ1) is 13.3. The average molecular weight is 327 g/mol. The first-order chi connectivity index (χ1) is 8.61. The van der Waals surface area contributed by atoms with Crippen molar-refractivity contribution in [1.82, 2.24) is 9.97 Å². The molecule has 94 valence electrons. The Hall–Kier alpha value is -1.13. The van der Waals surface area contributed by atoms with Crippen LogP contribution in [0.1, 0.15) is 24.0 Å². The normalized spacial score (nSPS) is 10.6. The van der Waals surface area contributed by atoms with Crippen LogP contribution in [0.25, 0.3) is 0 Å². The van der Waals surface area contributed by atoms with Gasteiger partial charge in [-0.05, 0) is 34.0 Å². The fourth-order valence-electron chi connectivity index (χ4n) is 1.69. The van der Waals surface area contributed by atoms with Crippen molar-refractivity contribution in [2.45, 2.75) is 19.8 Å². The summed E-state index contributed by atoms with van der Waals surface area (Å²) in [6, 6.07) is 7.68. The third-order valence-corrected chi connectivity index (χ3v) is 3.87. The van der Waals surface area contributed by atoms with Crippen LogP contribution >= 0.6 is 27.5 Å². The lowest BCUT2D eigenvalue weighted by Crippen LogP contribution is -2.05. The highest BCUT2D eigenvalue weighted by Gasteiger charge is 2.10. The van der Waals surface area contributed by atoms with Gasteiger partial charge in [-0.1, -0.05) is 36.7 Å². The van der Waals surface area contributed by atoms with E-state index in [0.29, 0.717) is 18.1 Å². The Morgan fingerprint density at radius 2 is 2.00 bits per heavy atom. The first-order valence-electron chi connectivity index (χ1n) is 5.66. The van der Waals surface area contributed by atoms with Crippen LogP contribution in [0.3, 0.4) is 0 Å². The van der Waals surface area contributed by atoms with Crippen molar-refractivity contribution in [3.05, 3.63) is 50.8 Å². The van der Waals surface area contributed by atoms with Gasteiger partial charge in [0.15, 0.2) is 0 Å². The van der Waals surface area contributed by atoms with Crippen molar-refractivity contribution in [3.8, 4) is 0 Å². The summed E-state index contributed by atoms with van der Waals surface area (Å²) in [7, 11) is 0. The summed E-state index contributed by atoms with van der Waals surface area (Å²) in [6.45, 7) is 2.03. The van der Waals surface area contributed by atoms with Crippen molar-refractivity contribution in [2.24, 2.45) is 0 Å². The first-order valence-corrected chi connectivity index (χ1v) is 6.83. The molecule has 2 N–H and O–H groups in total. The highest BCUT2D eigenvalue weighted by molar-refractivity contribution is 9.10. The number of aromatic nitrogens is 2. The molecule has 0 amide bonds. The summed E-state index contributed by atoms with van der Waals surface area (Å²) in [5.74, 6) is 1.17. The predicted molar refractivity (Wildman–Crippen MR) is 77.8 cm³/mol. The fourth-order valence-corrected chi connectivity index (χ4v) is 2.35. The molecule has 0 atom stereocenters. The molecule has 0 aliphatic heterocycles. The Labute approximate surface area is 120 Å². The average Bonchev–Trinajstić information content (AvgIpc) is 2.36. The Kier molecular flexibility index (Phi) is 4.19. The second-order valence-electron chi connectivity index (χ2n) is 3.91. The minimum atomic E-state index is 0.476. The minimum Gasteiger partial charge on any atom is -0.383 e. The van der Waals surface area contributed by atoms with Crippen molar-refractivity contribution in [1.29, 1.82) is 0 Å². The molecule has 0 unspecified atom stereocenters. The number of nitrogen functional groups attached to an aromatic ring is 1. The molecule has 5 heteroatoms. The van der Waals surface area contributed by atoms with E-state index in [-0.39, 0.29) is 0 Å². The summed E-state index contributed by atoms with van der Waals surface area (Å²) < 4.78 is 0.785. The van der Waals surface area contributed by atoms with Gasteiger partial charge < -0.3 is 5.73 Å². The smallest absolute Gasteiger partial charge is 0.141 e. The number of nitrogens with two attached hydrogens (primary N) is 1. The van der Waals surface area contributed by atoms with Crippen LogP contribution in [-0.4, -0.2) is 9.97 Å². The third kappa shape index (κ3) is 2.82. The number of hydrogen-bond acceptors (Lipinski definition) is 3. The molecule has 2 rings (SSSR count). The molecule has 18 heavy (non-hydrogen) atoms. The molecule has 0 bridgehead atoms. The number of hydrogen-bond donors (Lipinski definition) is 1. The lowest BCUT2D eigenvalue weighted by molar-refractivity contribution is 0.902. The molecule has 0 aliphatic carbocycles. The molecule has 0 saturated heterocycles. The Bertz CT molecular complexity index is 572. The van der Waals surface area contributed by atoms with Gasteiger partial charge in [-0.25, -0.2) is 9.97 Å². The van der Waals surface area contributed by atoms with Gasteiger partial charge in [-0.15, -0.1) is 0 Å². The third-order valence-electron chi connectivity index (χ3n) is 2.63.